The Morgan fingerprint density at radius 1 is 1.55 bits per heavy atom. The third-order valence-electron chi connectivity index (χ3n) is 1.29. The Morgan fingerprint density at radius 2 is 2.45 bits per heavy atom. The van der Waals surface area contributed by atoms with E-state index < -0.39 is 0 Å². The normalized spacial score (nSPS) is 9.55. The Morgan fingerprint density at radius 3 is 3.09 bits per heavy atom. The van der Waals surface area contributed by atoms with Crippen LogP contribution in [0, 0.1) is 6.07 Å². The van der Waals surface area contributed by atoms with Gasteiger partial charge in [-0.25, -0.2) is 4.98 Å². The summed E-state index contributed by atoms with van der Waals surface area (Å²) in [6.45, 7) is 1.83. The maximum Gasteiger partial charge on any atom is 0.126 e. The van der Waals surface area contributed by atoms with Crippen LogP contribution >= 0.6 is 0 Å². The number of likely N-dealkylation sites (N-methyl/N-ethyl adjacent to an activating group) is 1. The largest absolute Gasteiger partial charge is 0.369 e. The highest BCUT2D eigenvalue weighted by Crippen LogP contribution is 1.96. The van der Waals surface area contributed by atoms with Gasteiger partial charge in [-0.2, -0.15) is 0 Å². The Bertz CT molecular complexity index is 186. The summed E-state index contributed by atoms with van der Waals surface area (Å²) in [5.41, 5.74) is 0. The van der Waals surface area contributed by atoms with E-state index in [0.717, 1.165) is 18.9 Å². The maximum absolute atomic E-state index is 4.08. The van der Waals surface area contributed by atoms with Gasteiger partial charge in [-0.1, -0.05) is 0 Å². The van der Waals surface area contributed by atoms with Crippen molar-refractivity contribution < 1.29 is 0 Å². The van der Waals surface area contributed by atoms with Crippen molar-refractivity contribution in [2.75, 3.05) is 25.5 Å². The van der Waals surface area contributed by atoms with E-state index >= 15 is 0 Å². The second kappa shape index (κ2) is 4.68. The van der Waals surface area contributed by atoms with Gasteiger partial charge in [0.15, 0.2) is 0 Å². The van der Waals surface area contributed by atoms with Crippen LogP contribution in [0.25, 0.3) is 0 Å². The van der Waals surface area contributed by atoms with E-state index in [1.807, 2.05) is 13.1 Å². The molecule has 0 atom stereocenters. The van der Waals surface area contributed by atoms with Gasteiger partial charge in [-0.05, 0) is 25.2 Å². The van der Waals surface area contributed by atoms with E-state index in [0.29, 0.717) is 0 Å². The smallest absolute Gasteiger partial charge is 0.126 e. The van der Waals surface area contributed by atoms with Gasteiger partial charge in [0, 0.05) is 19.3 Å². The molecule has 0 aliphatic heterocycles. The molecule has 11 heavy (non-hydrogen) atoms. The monoisotopic (exact) mass is 150 g/mol. The highest BCUT2D eigenvalue weighted by Gasteiger charge is 1.87. The highest BCUT2D eigenvalue weighted by atomic mass is 15.0. The molecule has 0 saturated heterocycles. The summed E-state index contributed by atoms with van der Waals surface area (Å²) in [4.78, 5) is 4.08. The Balaban J connectivity index is 2.28. The molecule has 1 heterocycles. The lowest BCUT2D eigenvalue weighted by Crippen LogP contribution is -2.18. The molecule has 0 spiro atoms. The number of hydrogen-bond donors (Lipinski definition) is 2. The summed E-state index contributed by atoms with van der Waals surface area (Å²) in [7, 11) is 1.92. The fourth-order valence-corrected chi connectivity index (χ4v) is 0.737. The predicted octanol–water partition coefficient (Wildman–Crippen LogP) is 0.513. The first-order chi connectivity index (χ1) is 5.43. The Hall–Kier alpha value is -1.09. The fraction of sp³-hybridized carbons (Fsp3) is 0.375. The molecule has 3 nitrogen and oxygen atoms in total. The number of nitrogens with zero attached hydrogens (tertiary/aromatic N) is 1. The van der Waals surface area contributed by atoms with E-state index in [4.69, 9.17) is 0 Å². The third-order valence-corrected chi connectivity index (χ3v) is 1.29. The van der Waals surface area contributed by atoms with Crippen LogP contribution < -0.4 is 10.6 Å². The van der Waals surface area contributed by atoms with Crippen LogP contribution in [0.4, 0.5) is 5.82 Å². The molecule has 1 rings (SSSR count). The fourth-order valence-electron chi connectivity index (χ4n) is 0.737. The van der Waals surface area contributed by atoms with E-state index in [-0.39, 0.29) is 0 Å². The molecule has 0 saturated carbocycles. The molecule has 0 unspecified atom stereocenters. The van der Waals surface area contributed by atoms with Crippen molar-refractivity contribution >= 4 is 5.82 Å². The first-order valence-electron chi connectivity index (χ1n) is 3.64. The zero-order chi connectivity index (χ0) is 7.94. The maximum atomic E-state index is 4.08. The number of pyridine rings is 1. The summed E-state index contributed by atoms with van der Waals surface area (Å²) in [5, 5.41) is 6.18. The number of anilines is 1. The van der Waals surface area contributed by atoms with Gasteiger partial charge < -0.3 is 10.6 Å². The molecule has 0 aliphatic carbocycles. The number of aromatic nitrogens is 1. The van der Waals surface area contributed by atoms with Crippen LogP contribution in [0.15, 0.2) is 18.3 Å². The Labute approximate surface area is 66.8 Å². The summed E-state index contributed by atoms with van der Waals surface area (Å²) < 4.78 is 0. The topological polar surface area (TPSA) is 37.0 Å². The van der Waals surface area contributed by atoms with Crippen molar-refractivity contribution in [2.24, 2.45) is 0 Å². The van der Waals surface area contributed by atoms with Crippen molar-refractivity contribution in [2.45, 2.75) is 0 Å². The number of nitrogens with one attached hydrogen (secondary N) is 2. The Kier molecular flexibility index (Phi) is 3.41. The van der Waals surface area contributed by atoms with Gasteiger partial charge in [0.05, 0.1) is 0 Å². The van der Waals surface area contributed by atoms with Crippen molar-refractivity contribution in [3.63, 3.8) is 0 Å². The van der Waals surface area contributed by atoms with Crippen molar-refractivity contribution in [1.82, 2.24) is 10.3 Å². The predicted molar refractivity (Wildman–Crippen MR) is 45.5 cm³/mol. The van der Waals surface area contributed by atoms with Gasteiger partial charge in [-0.15, -0.1) is 0 Å². The number of hydrogen-bond acceptors (Lipinski definition) is 3. The lowest BCUT2D eigenvalue weighted by Gasteiger charge is -2.02. The standard InChI is InChI=1S/C8H12N3/c1-9-6-7-11-8-4-2-3-5-10-8/h3-5,9H,6-7H2,1H3,(H,10,11). The van der Waals surface area contributed by atoms with Crippen LogP contribution in [-0.4, -0.2) is 25.1 Å². The summed E-state index contributed by atoms with van der Waals surface area (Å²) >= 11 is 0. The molecule has 59 valence electrons. The zero-order valence-corrected chi connectivity index (χ0v) is 6.59. The van der Waals surface area contributed by atoms with Crippen molar-refractivity contribution in [1.29, 1.82) is 0 Å². The molecule has 1 aromatic rings. The average molecular weight is 150 g/mol. The molecular formula is C8H12N3. The molecule has 3 heteroatoms. The second-order valence-corrected chi connectivity index (χ2v) is 2.17. The molecule has 0 fully saturated rings. The van der Waals surface area contributed by atoms with Crippen molar-refractivity contribution in [3.05, 3.63) is 24.4 Å². The lowest BCUT2D eigenvalue weighted by molar-refractivity contribution is 0.821. The van der Waals surface area contributed by atoms with Crippen LogP contribution in [-0.2, 0) is 0 Å². The van der Waals surface area contributed by atoms with Crippen LogP contribution in [0.1, 0.15) is 0 Å². The zero-order valence-electron chi connectivity index (χ0n) is 6.59. The molecule has 0 bridgehead atoms. The van der Waals surface area contributed by atoms with Gasteiger partial charge in [0.1, 0.15) is 5.82 Å². The van der Waals surface area contributed by atoms with Gasteiger partial charge in [-0.3, -0.25) is 0 Å². The second-order valence-electron chi connectivity index (χ2n) is 2.17. The minimum atomic E-state index is 0.878. The van der Waals surface area contributed by atoms with Crippen LogP contribution in [0.2, 0.25) is 0 Å². The average Bonchev–Trinajstić information content (AvgIpc) is 2.07. The SMILES string of the molecule is CNCCNc1c[c]ccn1. The van der Waals surface area contributed by atoms with Crippen molar-refractivity contribution in [3.8, 4) is 0 Å². The van der Waals surface area contributed by atoms with Crippen LogP contribution in [0.5, 0.6) is 0 Å². The van der Waals surface area contributed by atoms with Gasteiger partial charge in [0.2, 0.25) is 0 Å². The molecule has 1 aromatic heterocycles. The highest BCUT2D eigenvalue weighted by molar-refractivity contribution is 5.32. The first kappa shape index (κ1) is 8.01. The molecular weight excluding hydrogens is 138 g/mol. The van der Waals surface area contributed by atoms with E-state index in [1.54, 1.807) is 12.3 Å². The first-order valence-corrected chi connectivity index (χ1v) is 3.64. The van der Waals surface area contributed by atoms with Gasteiger partial charge >= 0.3 is 0 Å². The van der Waals surface area contributed by atoms with E-state index in [1.165, 1.54) is 0 Å². The van der Waals surface area contributed by atoms with E-state index in [2.05, 4.69) is 21.7 Å². The minimum Gasteiger partial charge on any atom is -0.369 e. The lowest BCUT2D eigenvalue weighted by atomic mass is 10.4. The molecule has 2 N–H and O–H groups in total. The summed E-state index contributed by atoms with van der Waals surface area (Å²) in [6, 6.07) is 6.55. The van der Waals surface area contributed by atoms with E-state index in [9.17, 15) is 0 Å². The summed E-state index contributed by atoms with van der Waals surface area (Å²) in [6.07, 6.45) is 1.72. The molecule has 0 aromatic carbocycles. The van der Waals surface area contributed by atoms with Crippen LogP contribution in [0.3, 0.4) is 0 Å². The number of rotatable bonds is 4. The third kappa shape index (κ3) is 3.00. The van der Waals surface area contributed by atoms with Gasteiger partial charge in [0.25, 0.3) is 0 Å². The summed E-state index contributed by atoms with van der Waals surface area (Å²) in [5.74, 6) is 0.878. The minimum absolute atomic E-state index is 0.878. The molecule has 0 aliphatic rings. The molecule has 0 amide bonds. The quantitative estimate of drug-likeness (QED) is 0.614. The molecule has 1 radical (unpaired) electrons.